The molecule has 1 aromatic rings. The van der Waals surface area contributed by atoms with E-state index in [1.54, 1.807) is 12.4 Å². The summed E-state index contributed by atoms with van der Waals surface area (Å²) in [7, 11) is 0. The van der Waals surface area contributed by atoms with Crippen LogP contribution in [0.4, 0.5) is 0 Å². The van der Waals surface area contributed by atoms with Crippen molar-refractivity contribution in [3.05, 3.63) is 18.7 Å². The van der Waals surface area contributed by atoms with Crippen molar-refractivity contribution in [3.8, 4) is 0 Å². The van der Waals surface area contributed by atoms with E-state index in [1.165, 1.54) is 6.33 Å². The van der Waals surface area contributed by atoms with Crippen molar-refractivity contribution in [2.75, 3.05) is 0 Å². The fourth-order valence-corrected chi connectivity index (χ4v) is 0.425. The van der Waals surface area contributed by atoms with Crippen LogP contribution < -0.4 is 0 Å². The molecule has 0 fully saturated rings. The van der Waals surface area contributed by atoms with Crippen molar-refractivity contribution in [3.63, 3.8) is 0 Å². The standard InChI is InChI=1S/C4H4N2S.C2H6/c7-4-1-5-3-6-2-4;1-2/h1-3,7H;1-2H3. The van der Waals surface area contributed by atoms with Gasteiger partial charge in [-0.1, -0.05) is 13.8 Å². The molecule has 2 nitrogen and oxygen atoms in total. The van der Waals surface area contributed by atoms with E-state index in [2.05, 4.69) is 22.6 Å². The second kappa shape index (κ2) is 5.56. The maximum Gasteiger partial charge on any atom is 0.115 e. The largest absolute Gasteiger partial charge is 0.244 e. The highest BCUT2D eigenvalue weighted by molar-refractivity contribution is 7.80. The lowest BCUT2D eigenvalue weighted by molar-refractivity contribution is 1.10. The molecular weight excluding hydrogens is 132 g/mol. The van der Waals surface area contributed by atoms with Crippen LogP contribution in [0.2, 0.25) is 0 Å². The summed E-state index contributed by atoms with van der Waals surface area (Å²) in [6.07, 6.45) is 4.74. The molecule has 3 heteroatoms. The van der Waals surface area contributed by atoms with Gasteiger partial charge in [-0.2, -0.15) is 0 Å². The second-order valence-electron chi connectivity index (χ2n) is 1.10. The van der Waals surface area contributed by atoms with Gasteiger partial charge in [-0.25, -0.2) is 9.97 Å². The lowest BCUT2D eigenvalue weighted by Gasteiger charge is -1.80. The van der Waals surface area contributed by atoms with Gasteiger partial charge in [-0.3, -0.25) is 0 Å². The molecule has 0 aliphatic carbocycles. The first-order valence-electron chi connectivity index (χ1n) is 2.83. The van der Waals surface area contributed by atoms with E-state index in [0.717, 1.165) is 4.90 Å². The Balaban J connectivity index is 0.000000291. The average Bonchev–Trinajstić information content (AvgIpc) is 1.94. The highest BCUT2D eigenvalue weighted by atomic mass is 32.1. The Hall–Kier alpha value is -0.570. The highest BCUT2D eigenvalue weighted by Crippen LogP contribution is 1.95. The van der Waals surface area contributed by atoms with Crippen LogP contribution in [0.25, 0.3) is 0 Å². The Bertz CT molecular complexity index is 141. The topological polar surface area (TPSA) is 25.8 Å². The predicted octanol–water partition coefficient (Wildman–Crippen LogP) is 1.79. The van der Waals surface area contributed by atoms with Gasteiger partial charge in [-0.15, -0.1) is 12.6 Å². The number of thiol groups is 1. The first-order valence-corrected chi connectivity index (χ1v) is 3.28. The van der Waals surface area contributed by atoms with Crippen molar-refractivity contribution >= 4 is 12.6 Å². The van der Waals surface area contributed by atoms with Crippen molar-refractivity contribution in [2.45, 2.75) is 18.7 Å². The maximum atomic E-state index is 3.96. The molecule has 0 saturated carbocycles. The van der Waals surface area contributed by atoms with E-state index in [4.69, 9.17) is 0 Å². The molecule has 0 unspecified atom stereocenters. The summed E-state index contributed by atoms with van der Waals surface area (Å²) in [5, 5.41) is 0. The predicted molar refractivity (Wildman–Crippen MR) is 40.6 cm³/mol. The van der Waals surface area contributed by atoms with Gasteiger partial charge in [0.2, 0.25) is 0 Å². The van der Waals surface area contributed by atoms with E-state index in [0.29, 0.717) is 0 Å². The summed E-state index contributed by atoms with van der Waals surface area (Å²) < 4.78 is 0. The Kier molecular flexibility index (Phi) is 5.21. The van der Waals surface area contributed by atoms with Crippen LogP contribution >= 0.6 is 12.6 Å². The van der Waals surface area contributed by atoms with Crippen molar-refractivity contribution in [1.29, 1.82) is 0 Å². The van der Waals surface area contributed by atoms with Gasteiger partial charge in [0.25, 0.3) is 0 Å². The van der Waals surface area contributed by atoms with Gasteiger partial charge in [0.15, 0.2) is 0 Å². The molecule has 0 bridgehead atoms. The van der Waals surface area contributed by atoms with Gasteiger partial charge < -0.3 is 0 Å². The fourth-order valence-electron chi connectivity index (χ4n) is 0.291. The zero-order chi connectivity index (χ0) is 7.11. The zero-order valence-corrected chi connectivity index (χ0v) is 6.47. The third-order valence-electron chi connectivity index (χ3n) is 0.547. The molecule has 0 saturated heterocycles. The van der Waals surface area contributed by atoms with Crippen LogP contribution in [0.5, 0.6) is 0 Å². The van der Waals surface area contributed by atoms with Gasteiger partial charge in [0.1, 0.15) is 6.33 Å². The minimum Gasteiger partial charge on any atom is -0.244 e. The number of hydrogen-bond donors (Lipinski definition) is 1. The van der Waals surface area contributed by atoms with Crippen molar-refractivity contribution in [1.82, 2.24) is 9.97 Å². The Morgan fingerprint density at radius 3 is 1.89 bits per heavy atom. The van der Waals surface area contributed by atoms with Gasteiger partial charge in [0, 0.05) is 17.3 Å². The SMILES string of the molecule is CC.Sc1cncnc1. The zero-order valence-electron chi connectivity index (χ0n) is 5.57. The monoisotopic (exact) mass is 142 g/mol. The smallest absolute Gasteiger partial charge is 0.115 e. The minimum absolute atomic E-state index is 0.794. The van der Waals surface area contributed by atoms with E-state index < -0.39 is 0 Å². The number of nitrogens with zero attached hydrogens (tertiary/aromatic N) is 2. The molecular formula is C6H10N2S. The molecule has 9 heavy (non-hydrogen) atoms. The van der Waals surface area contributed by atoms with E-state index in [1.807, 2.05) is 13.8 Å². The van der Waals surface area contributed by atoms with E-state index in [9.17, 15) is 0 Å². The molecule has 0 atom stereocenters. The van der Waals surface area contributed by atoms with Crippen molar-refractivity contribution in [2.24, 2.45) is 0 Å². The molecule has 0 N–H and O–H groups in total. The van der Waals surface area contributed by atoms with Crippen LogP contribution in [0.1, 0.15) is 13.8 Å². The molecule has 1 rings (SSSR count). The molecule has 0 aliphatic rings. The van der Waals surface area contributed by atoms with Crippen LogP contribution in [0.3, 0.4) is 0 Å². The van der Waals surface area contributed by atoms with Crippen LogP contribution in [-0.4, -0.2) is 9.97 Å². The molecule has 50 valence electrons. The first-order chi connectivity index (χ1) is 4.39. The van der Waals surface area contributed by atoms with Crippen LogP contribution in [0.15, 0.2) is 23.6 Å². The fraction of sp³-hybridized carbons (Fsp3) is 0.333. The molecule has 0 spiro atoms. The molecule has 1 aromatic heterocycles. The van der Waals surface area contributed by atoms with Crippen LogP contribution in [-0.2, 0) is 0 Å². The van der Waals surface area contributed by atoms with Crippen LogP contribution in [0, 0.1) is 0 Å². The van der Waals surface area contributed by atoms with E-state index in [-0.39, 0.29) is 0 Å². The molecule has 0 amide bonds. The average molecular weight is 142 g/mol. The molecule has 0 aromatic carbocycles. The Morgan fingerprint density at radius 1 is 1.22 bits per heavy atom. The summed E-state index contributed by atoms with van der Waals surface area (Å²) in [6.45, 7) is 4.00. The molecule has 1 heterocycles. The normalized spacial score (nSPS) is 7.44. The number of aromatic nitrogens is 2. The third kappa shape index (κ3) is 3.97. The second-order valence-corrected chi connectivity index (χ2v) is 1.61. The van der Waals surface area contributed by atoms with Crippen molar-refractivity contribution < 1.29 is 0 Å². The Morgan fingerprint density at radius 2 is 1.67 bits per heavy atom. The summed E-state index contributed by atoms with van der Waals surface area (Å²) in [6, 6.07) is 0. The number of rotatable bonds is 0. The summed E-state index contributed by atoms with van der Waals surface area (Å²) >= 11 is 3.96. The molecule has 0 radical (unpaired) electrons. The summed E-state index contributed by atoms with van der Waals surface area (Å²) in [5.74, 6) is 0. The lowest BCUT2D eigenvalue weighted by Crippen LogP contribution is -1.72. The third-order valence-corrected chi connectivity index (χ3v) is 0.778. The lowest BCUT2D eigenvalue weighted by atomic mass is 10.7. The van der Waals surface area contributed by atoms with E-state index >= 15 is 0 Å². The van der Waals surface area contributed by atoms with Gasteiger partial charge in [-0.05, 0) is 0 Å². The Labute approximate surface area is 60.8 Å². The summed E-state index contributed by atoms with van der Waals surface area (Å²) in [5.41, 5.74) is 0. The van der Waals surface area contributed by atoms with Gasteiger partial charge in [0.05, 0.1) is 0 Å². The minimum atomic E-state index is 0.794. The quantitative estimate of drug-likeness (QED) is 0.559. The number of hydrogen-bond acceptors (Lipinski definition) is 3. The highest BCUT2D eigenvalue weighted by Gasteiger charge is 1.75. The first kappa shape index (κ1) is 8.43. The maximum absolute atomic E-state index is 3.96. The molecule has 0 aliphatic heterocycles. The van der Waals surface area contributed by atoms with Gasteiger partial charge >= 0.3 is 0 Å². The summed E-state index contributed by atoms with van der Waals surface area (Å²) in [4.78, 5) is 8.19.